The van der Waals surface area contributed by atoms with E-state index in [1.165, 1.54) is 5.48 Å². The fraction of sp³-hybridized carbons (Fsp3) is 0.222. The largest absolute Gasteiger partial charge is 0.489 e. The van der Waals surface area contributed by atoms with Crippen LogP contribution in [0.5, 0.6) is 5.75 Å². The molecule has 0 heterocycles. The maximum atomic E-state index is 13.1. The third-order valence-electron chi connectivity index (χ3n) is 5.67. The Hall–Kier alpha value is -4.21. The van der Waals surface area contributed by atoms with E-state index in [9.17, 15) is 19.5 Å². The van der Waals surface area contributed by atoms with Crippen molar-refractivity contribution in [3.05, 3.63) is 102 Å². The van der Waals surface area contributed by atoms with Crippen LogP contribution in [-0.2, 0) is 33.8 Å². The van der Waals surface area contributed by atoms with Crippen LogP contribution in [0.25, 0.3) is 0 Å². The molecule has 0 aliphatic rings. The molecule has 3 rings (SSSR count). The summed E-state index contributed by atoms with van der Waals surface area (Å²) in [5.74, 6) is -3.35. The second-order valence-electron chi connectivity index (χ2n) is 8.30. The summed E-state index contributed by atoms with van der Waals surface area (Å²) < 4.78 is 5.76. The fourth-order valence-electron chi connectivity index (χ4n) is 3.66. The molecule has 0 spiro atoms. The second kappa shape index (κ2) is 13.0. The highest BCUT2D eigenvalue weighted by Gasteiger charge is 2.34. The van der Waals surface area contributed by atoms with Gasteiger partial charge in [-0.3, -0.25) is 19.6 Å². The molecule has 3 aromatic carbocycles. The molecular weight excluding hydrogens is 462 g/mol. The predicted molar refractivity (Wildman–Crippen MR) is 132 cm³/mol. The van der Waals surface area contributed by atoms with Gasteiger partial charge in [-0.15, -0.1) is 0 Å². The zero-order valence-corrected chi connectivity index (χ0v) is 19.5. The average Bonchev–Trinajstić information content (AvgIpc) is 2.91. The summed E-state index contributed by atoms with van der Waals surface area (Å²) in [6, 6.07) is 24.4. The number of aliphatic hydroxyl groups excluding tert-OH is 1. The quantitative estimate of drug-likeness (QED) is 0.191. The number of nitrogens with two attached hydrogens (primary N) is 1. The Kier molecular flexibility index (Phi) is 9.56. The molecule has 6 N–H and O–H groups in total. The first-order valence-corrected chi connectivity index (χ1v) is 11.4. The number of rotatable bonds is 12. The number of carbonyl (C=O) groups is 3. The van der Waals surface area contributed by atoms with Gasteiger partial charge in [-0.05, 0) is 35.2 Å². The van der Waals surface area contributed by atoms with Crippen molar-refractivity contribution in [3.8, 4) is 5.75 Å². The van der Waals surface area contributed by atoms with Crippen LogP contribution in [0.4, 0.5) is 0 Å². The molecule has 3 aromatic rings. The van der Waals surface area contributed by atoms with Crippen molar-refractivity contribution < 1.29 is 29.4 Å². The van der Waals surface area contributed by atoms with E-state index in [1.54, 1.807) is 48.5 Å². The number of amides is 3. The van der Waals surface area contributed by atoms with E-state index in [4.69, 9.17) is 15.7 Å². The van der Waals surface area contributed by atoms with Gasteiger partial charge >= 0.3 is 0 Å². The number of ether oxygens (including phenoxy) is 1. The smallest absolute Gasteiger partial charge is 0.272 e. The lowest BCUT2D eigenvalue weighted by Gasteiger charge is -2.24. The summed E-state index contributed by atoms with van der Waals surface area (Å²) in [7, 11) is 0. The van der Waals surface area contributed by atoms with E-state index in [-0.39, 0.29) is 12.8 Å². The topological polar surface area (TPSA) is 151 Å². The normalized spacial score (nSPS) is 13.2. The van der Waals surface area contributed by atoms with Crippen LogP contribution in [0.3, 0.4) is 0 Å². The first-order chi connectivity index (χ1) is 17.4. The lowest BCUT2D eigenvalue weighted by molar-refractivity contribution is -0.146. The van der Waals surface area contributed by atoms with Crippen LogP contribution in [0.1, 0.15) is 16.7 Å². The number of hydroxylamine groups is 1. The van der Waals surface area contributed by atoms with Gasteiger partial charge in [0.15, 0.2) is 0 Å². The maximum Gasteiger partial charge on any atom is 0.272 e. The number of primary amides is 1. The van der Waals surface area contributed by atoms with Crippen molar-refractivity contribution in [2.75, 3.05) is 0 Å². The van der Waals surface area contributed by atoms with E-state index in [1.807, 2.05) is 36.4 Å². The van der Waals surface area contributed by atoms with Gasteiger partial charge in [0.05, 0.1) is 5.92 Å². The molecular formula is C27H29N3O6. The van der Waals surface area contributed by atoms with E-state index < -0.39 is 35.8 Å². The second-order valence-corrected chi connectivity index (χ2v) is 8.30. The van der Waals surface area contributed by atoms with Crippen LogP contribution in [0.15, 0.2) is 84.9 Å². The molecule has 9 heteroatoms. The molecule has 3 amide bonds. The van der Waals surface area contributed by atoms with Crippen molar-refractivity contribution in [1.82, 2.24) is 10.8 Å². The molecule has 0 saturated heterocycles. The van der Waals surface area contributed by atoms with Gasteiger partial charge in [-0.1, -0.05) is 72.8 Å². The predicted octanol–water partition coefficient (Wildman–Crippen LogP) is 1.50. The molecule has 0 saturated carbocycles. The zero-order valence-electron chi connectivity index (χ0n) is 19.5. The van der Waals surface area contributed by atoms with Crippen LogP contribution in [-0.4, -0.2) is 40.2 Å². The number of aliphatic hydroxyl groups is 1. The first-order valence-electron chi connectivity index (χ1n) is 11.4. The monoisotopic (exact) mass is 491 g/mol. The molecule has 36 heavy (non-hydrogen) atoms. The Labute approximate surface area is 208 Å². The van der Waals surface area contributed by atoms with Gasteiger partial charge in [-0.2, -0.15) is 0 Å². The number of carbonyl (C=O) groups excluding carboxylic acids is 3. The number of nitrogens with one attached hydrogen (secondary N) is 2. The van der Waals surface area contributed by atoms with Crippen molar-refractivity contribution in [3.63, 3.8) is 0 Å². The minimum Gasteiger partial charge on any atom is -0.489 e. The van der Waals surface area contributed by atoms with Gasteiger partial charge < -0.3 is 20.9 Å². The highest BCUT2D eigenvalue weighted by Crippen LogP contribution is 2.19. The van der Waals surface area contributed by atoms with Crippen molar-refractivity contribution in [2.45, 2.75) is 31.6 Å². The van der Waals surface area contributed by atoms with Crippen molar-refractivity contribution in [1.29, 1.82) is 0 Å². The molecule has 0 bridgehead atoms. The summed E-state index contributed by atoms with van der Waals surface area (Å²) >= 11 is 0. The lowest BCUT2D eigenvalue weighted by Crippen LogP contribution is -2.52. The summed E-state index contributed by atoms with van der Waals surface area (Å²) in [5.41, 5.74) is 9.26. The van der Waals surface area contributed by atoms with Crippen LogP contribution < -0.4 is 21.3 Å². The summed E-state index contributed by atoms with van der Waals surface area (Å²) in [5, 5.41) is 22.0. The number of benzene rings is 3. The Morgan fingerprint density at radius 2 is 1.33 bits per heavy atom. The van der Waals surface area contributed by atoms with Gasteiger partial charge in [0.2, 0.25) is 11.8 Å². The van der Waals surface area contributed by atoms with Gasteiger partial charge in [0, 0.05) is 6.42 Å². The summed E-state index contributed by atoms with van der Waals surface area (Å²) in [6.07, 6.45) is -1.77. The summed E-state index contributed by atoms with van der Waals surface area (Å²) in [6.45, 7) is 0.385. The first kappa shape index (κ1) is 26.4. The van der Waals surface area contributed by atoms with E-state index in [0.717, 1.165) is 11.1 Å². The van der Waals surface area contributed by atoms with E-state index in [0.29, 0.717) is 17.9 Å². The standard InChI is InChI=1S/C27H29N3O6/c28-25(32)23(16-18-7-3-1-4-8-18)29-26(33)22(24(31)27(34)30-35)15-19-11-13-21(14-12-19)36-17-20-9-5-2-6-10-20/h1-14,22-24,31,35H,15-17H2,(H2,28,32)(H,29,33)(H,30,34). The fourth-order valence-corrected chi connectivity index (χ4v) is 3.66. The van der Waals surface area contributed by atoms with E-state index in [2.05, 4.69) is 5.32 Å². The minimum atomic E-state index is -1.87. The molecule has 9 nitrogen and oxygen atoms in total. The Morgan fingerprint density at radius 3 is 1.89 bits per heavy atom. The van der Waals surface area contributed by atoms with Gasteiger partial charge in [0.25, 0.3) is 5.91 Å². The van der Waals surface area contributed by atoms with Crippen LogP contribution in [0, 0.1) is 5.92 Å². The third-order valence-corrected chi connectivity index (χ3v) is 5.67. The molecule has 0 aromatic heterocycles. The van der Waals surface area contributed by atoms with Crippen LogP contribution in [0.2, 0.25) is 0 Å². The highest BCUT2D eigenvalue weighted by molar-refractivity contribution is 5.92. The highest BCUT2D eigenvalue weighted by atomic mass is 16.5. The van der Waals surface area contributed by atoms with E-state index >= 15 is 0 Å². The Balaban J connectivity index is 1.70. The summed E-state index contributed by atoms with van der Waals surface area (Å²) in [4.78, 5) is 37.0. The van der Waals surface area contributed by atoms with Crippen molar-refractivity contribution in [2.24, 2.45) is 11.7 Å². The minimum absolute atomic E-state index is 0.0454. The average molecular weight is 492 g/mol. The Bertz CT molecular complexity index is 1140. The molecule has 0 aliphatic carbocycles. The zero-order chi connectivity index (χ0) is 25.9. The van der Waals surface area contributed by atoms with Gasteiger partial charge in [0.1, 0.15) is 24.5 Å². The molecule has 3 unspecified atom stereocenters. The maximum absolute atomic E-state index is 13.1. The van der Waals surface area contributed by atoms with Crippen molar-refractivity contribution >= 4 is 17.7 Å². The SMILES string of the molecule is NC(=O)C(Cc1ccccc1)NC(=O)C(Cc1ccc(OCc2ccccc2)cc1)C(O)C(=O)NO. The molecule has 0 aliphatic heterocycles. The molecule has 3 atom stereocenters. The molecule has 0 radical (unpaired) electrons. The lowest BCUT2D eigenvalue weighted by atomic mass is 9.91. The number of hydrogen-bond donors (Lipinski definition) is 5. The van der Waals surface area contributed by atoms with Crippen LogP contribution >= 0.6 is 0 Å². The Morgan fingerprint density at radius 1 is 0.778 bits per heavy atom. The third kappa shape index (κ3) is 7.66. The molecule has 188 valence electrons. The molecule has 0 fully saturated rings. The number of hydrogen-bond acceptors (Lipinski definition) is 6. The van der Waals surface area contributed by atoms with Gasteiger partial charge in [-0.25, -0.2) is 5.48 Å².